The Morgan fingerprint density at radius 2 is 1.52 bits per heavy atom. The van der Waals surface area contributed by atoms with Crippen molar-refractivity contribution in [3.8, 4) is 0 Å². The van der Waals surface area contributed by atoms with Gasteiger partial charge in [-0.05, 0) is 42.5 Å². The molecule has 5 amide bonds. The van der Waals surface area contributed by atoms with Gasteiger partial charge in [0, 0.05) is 26.1 Å². The average molecular weight is 464 g/mol. The Bertz CT molecular complexity index is 1150. The number of aryl methyl sites for hydroxylation is 1. The van der Waals surface area contributed by atoms with Crippen LogP contribution in [0, 0.1) is 6.92 Å². The van der Waals surface area contributed by atoms with E-state index < -0.39 is 23.0 Å². The number of fused-ring (bicyclic) bond motifs is 1. The lowest BCUT2D eigenvalue weighted by molar-refractivity contribution is -0.124. The van der Waals surface area contributed by atoms with E-state index in [0.717, 1.165) is 32.7 Å². The lowest BCUT2D eigenvalue weighted by Gasteiger charge is -2.15. The molecule has 0 bridgehead atoms. The van der Waals surface area contributed by atoms with Crippen molar-refractivity contribution in [2.45, 2.75) is 13.3 Å². The predicted octanol–water partition coefficient (Wildman–Crippen LogP) is 2.83. The summed E-state index contributed by atoms with van der Waals surface area (Å²) in [6.45, 7) is 2.04. The van der Waals surface area contributed by atoms with Crippen molar-refractivity contribution in [2.75, 3.05) is 19.6 Å². The average Bonchev–Trinajstić information content (AvgIpc) is 3.21. The van der Waals surface area contributed by atoms with Crippen LogP contribution >= 0.6 is 11.8 Å². The topological polar surface area (TPSA) is 104 Å². The normalized spacial score (nSPS) is 16.7. The molecule has 8 nitrogen and oxygen atoms in total. The number of carbonyl (C=O) groups is 5. The largest absolute Gasteiger partial charge is 0.354 e. The molecule has 2 aromatic rings. The van der Waals surface area contributed by atoms with Gasteiger partial charge in [-0.2, -0.15) is 0 Å². The molecule has 2 aliphatic heterocycles. The summed E-state index contributed by atoms with van der Waals surface area (Å²) >= 11 is 0.865. The van der Waals surface area contributed by atoms with Gasteiger partial charge in [0.25, 0.3) is 23.0 Å². The minimum Gasteiger partial charge on any atom is -0.354 e. The van der Waals surface area contributed by atoms with E-state index in [2.05, 4.69) is 5.32 Å². The quantitative estimate of drug-likeness (QED) is 0.500. The zero-order chi connectivity index (χ0) is 23.5. The van der Waals surface area contributed by atoms with Crippen LogP contribution < -0.4 is 5.32 Å². The minimum atomic E-state index is -0.415. The molecule has 0 radical (unpaired) electrons. The first-order chi connectivity index (χ1) is 15.8. The molecule has 2 aliphatic rings. The van der Waals surface area contributed by atoms with Crippen LogP contribution in [0.25, 0.3) is 6.08 Å². The van der Waals surface area contributed by atoms with Gasteiger partial charge < -0.3 is 5.32 Å². The second-order valence-corrected chi connectivity index (χ2v) is 8.64. The van der Waals surface area contributed by atoms with E-state index in [-0.39, 0.29) is 32.0 Å². The number of carbonyl (C=O) groups excluding carboxylic acids is 5. The highest BCUT2D eigenvalue weighted by molar-refractivity contribution is 8.18. The van der Waals surface area contributed by atoms with Crippen molar-refractivity contribution in [3.05, 3.63) is 75.7 Å². The molecule has 0 aromatic heterocycles. The molecule has 9 heteroatoms. The Morgan fingerprint density at radius 3 is 2.15 bits per heavy atom. The molecule has 1 saturated heterocycles. The third kappa shape index (κ3) is 4.73. The molecular formula is C24H21N3O5S. The van der Waals surface area contributed by atoms with E-state index in [9.17, 15) is 24.0 Å². The molecule has 2 aromatic carbocycles. The third-order valence-electron chi connectivity index (χ3n) is 5.35. The Hall–Kier alpha value is -3.72. The van der Waals surface area contributed by atoms with Crippen LogP contribution in [-0.2, 0) is 9.59 Å². The van der Waals surface area contributed by atoms with Crippen LogP contribution in [0.2, 0.25) is 0 Å². The summed E-state index contributed by atoms with van der Waals surface area (Å²) in [5, 5.41) is 2.24. The van der Waals surface area contributed by atoms with E-state index in [4.69, 9.17) is 0 Å². The lowest BCUT2D eigenvalue weighted by Crippen LogP contribution is -2.39. The highest BCUT2D eigenvalue weighted by Gasteiger charge is 2.36. The molecule has 1 N–H and O–H groups in total. The number of hydrogen-bond donors (Lipinski definition) is 1. The predicted molar refractivity (Wildman–Crippen MR) is 123 cm³/mol. The summed E-state index contributed by atoms with van der Waals surface area (Å²) in [5.41, 5.74) is 2.59. The maximum Gasteiger partial charge on any atom is 0.293 e. The van der Waals surface area contributed by atoms with Crippen LogP contribution in [0.3, 0.4) is 0 Å². The van der Waals surface area contributed by atoms with Crippen molar-refractivity contribution < 1.29 is 24.0 Å². The van der Waals surface area contributed by atoms with Gasteiger partial charge in [0.15, 0.2) is 0 Å². The molecule has 33 heavy (non-hydrogen) atoms. The second-order valence-electron chi connectivity index (χ2n) is 7.65. The lowest BCUT2D eigenvalue weighted by atomic mass is 10.1. The van der Waals surface area contributed by atoms with Gasteiger partial charge in [-0.3, -0.25) is 33.8 Å². The highest BCUT2D eigenvalue weighted by Crippen LogP contribution is 2.32. The van der Waals surface area contributed by atoms with Crippen LogP contribution in [0.4, 0.5) is 4.79 Å². The summed E-state index contributed by atoms with van der Waals surface area (Å²) in [5.74, 6) is -1.61. The number of nitrogens with one attached hydrogen (secondary N) is 1. The Morgan fingerprint density at radius 1 is 0.879 bits per heavy atom. The zero-order valence-corrected chi connectivity index (χ0v) is 18.7. The number of nitrogens with zero attached hydrogens (tertiary/aromatic N) is 2. The van der Waals surface area contributed by atoms with E-state index in [1.54, 1.807) is 30.3 Å². The SMILES string of the molecule is Cc1ccc(C=C2SC(=O)N(CCNC(=O)CCN3C(=O)c4ccccc4C3=O)C2=O)cc1. The molecule has 1 fully saturated rings. The van der Waals surface area contributed by atoms with Crippen LogP contribution in [0.1, 0.15) is 38.3 Å². The number of imide groups is 2. The van der Waals surface area contributed by atoms with Gasteiger partial charge >= 0.3 is 0 Å². The van der Waals surface area contributed by atoms with Gasteiger partial charge in [0.05, 0.1) is 16.0 Å². The first-order valence-electron chi connectivity index (χ1n) is 10.4. The fourth-order valence-corrected chi connectivity index (χ4v) is 4.42. The van der Waals surface area contributed by atoms with Crippen molar-refractivity contribution >= 4 is 46.7 Å². The molecule has 0 saturated carbocycles. The summed E-state index contributed by atoms with van der Waals surface area (Å²) in [7, 11) is 0. The van der Waals surface area contributed by atoms with Gasteiger partial charge in [0.1, 0.15) is 0 Å². The molecule has 0 spiro atoms. The molecule has 4 rings (SSSR count). The van der Waals surface area contributed by atoms with Crippen molar-refractivity contribution in [1.82, 2.24) is 15.1 Å². The van der Waals surface area contributed by atoms with E-state index in [0.29, 0.717) is 16.0 Å². The first-order valence-corrected chi connectivity index (χ1v) is 11.2. The summed E-state index contributed by atoms with van der Waals surface area (Å²) in [6.07, 6.45) is 1.60. The molecule has 168 valence electrons. The van der Waals surface area contributed by atoms with Crippen molar-refractivity contribution in [2.24, 2.45) is 0 Å². The highest BCUT2D eigenvalue weighted by atomic mass is 32.2. The van der Waals surface area contributed by atoms with Crippen LogP contribution in [-0.4, -0.2) is 58.3 Å². The third-order valence-corrected chi connectivity index (χ3v) is 6.25. The first kappa shape index (κ1) is 22.5. The van der Waals surface area contributed by atoms with Gasteiger partial charge in [-0.15, -0.1) is 0 Å². The van der Waals surface area contributed by atoms with Crippen LogP contribution in [0.5, 0.6) is 0 Å². The fraction of sp³-hybridized carbons (Fsp3) is 0.208. The Balaban J connectivity index is 1.25. The molecule has 0 atom stereocenters. The fourth-order valence-electron chi connectivity index (χ4n) is 3.56. The molecular weight excluding hydrogens is 442 g/mol. The van der Waals surface area contributed by atoms with Crippen molar-refractivity contribution in [1.29, 1.82) is 0 Å². The maximum absolute atomic E-state index is 12.6. The minimum absolute atomic E-state index is 0.0364. The summed E-state index contributed by atoms with van der Waals surface area (Å²) < 4.78 is 0. The molecule has 0 aliphatic carbocycles. The standard InChI is InChI=1S/C24H21N3O5S/c1-15-6-8-16(9-7-15)14-19-23(31)27(24(32)33-19)13-11-25-20(28)10-12-26-21(29)17-4-2-3-5-18(17)22(26)30/h2-9,14H,10-13H2,1H3,(H,25,28). The monoisotopic (exact) mass is 463 g/mol. The number of thioether (sulfide) groups is 1. The summed E-state index contributed by atoms with van der Waals surface area (Å²) in [4.78, 5) is 64.1. The van der Waals surface area contributed by atoms with Gasteiger partial charge in [0.2, 0.25) is 5.91 Å². The zero-order valence-electron chi connectivity index (χ0n) is 17.9. The Kier molecular flexibility index (Phi) is 6.41. The molecule has 0 unspecified atom stereocenters. The number of amides is 5. The smallest absolute Gasteiger partial charge is 0.293 e. The van der Waals surface area contributed by atoms with Crippen LogP contribution in [0.15, 0.2) is 53.4 Å². The second kappa shape index (κ2) is 9.41. The molecule has 2 heterocycles. The summed E-state index contributed by atoms with van der Waals surface area (Å²) in [6, 6.07) is 14.1. The van der Waals surface area contributed by atoms with E-state index in [1.165, 1.54) is 0 Å². The van der Waals surface area contributed by atoms with Crippen molar-refractivity contribution in [3.63, 3.8) is 0 Å². The van der Waals surface area contributed by atoms with Gasteiger partial charge in [-0.1, -0.05) is 42.0 Å². The maximum atomic E-state index is 12.6. The van der Waals surface area contributed by atoms with Gasteiger partial charge in [-0.25, -0.2) is 0 Å². The van der Waals surface area contributed by atoms with E-state index >= 15 is 0 Å². The Labute approximate surface area is 194 Å². The number of benzene rings is 2. The number of rotatable bonds is 7. The van der Waals surface area contributed by atoms with E-state index in [1.807, 2.05) is 31.2 Å². The number of hydrogen-bond acceptors (Lipinski definition) is 6.